The molecule has 0 fully saturated rings. The van der Waals surface area contributed by atoms with E-state index in [1.54, 1.807) is 0 Å². The van der Waals surface area contributed by atoms with Gasteiger partial charge >= 0.3 is 0 Å². The zero-order chi connectivity index (χ0) is 17.5. The van der Waals surface area contributed by atoms with E-state index in [4.69, 9.17) is 4.42 Å². The lowest BCUT2D eigenvalue weighted by Crippen LogP contribution is -1.89. The molecule has 0 amide bonds. The lowest BCUT2D eigenvalue weighted by Gasteiger charge is -2.09. The van der Waals surface area contributed by atoms with Crippen LogP contribution in [0.3, 0.4) is 0 Å². The fourth-order valence-corrected chi connectivity index (χ4v) is 3.50. The summed E-state index contributed by atoms with van der Waals surface area (Å²) >= 11 is 0. The first-order valence-corrected chi connectivity index (χ1v) is 8.73. The average Bonchev–Trinajstić information content (AvgIpc) is 3.07. The highest BCUT2D eigenvalue weighted by Gasteiger charge is 2.10. The second-order valence-corrected chi connectivity index (χ2v) is 6.56. The summed E-state index contributed by atoms with van der Waals surface area (Å²) in [7, 11) is 0. The van der Waals surface area contributed by atoms with Gasteiger partial charge in [-0.05, 0) is 53.9 Å². The van der Waals surface area contributed by atoms with E-state index in [1.807, 2.05) is 36.5 Å². The average molecular weight is 335 g/mol. The number of pyridine rings is 1. The minimum atomic E-state index is 0.908. The summed E-state index contributed by atoms with van der Waals surface area (Å²) in [6, 6.07) is 27.1. The van der Waals surface area contributed by atoms with Gasteiger partial charge in [0.25, 0.3) is 0 Å². The van der Waals surface area contributed by atoms with E-state index in [2.05, 4.69) is 60.4 Å². The van der Waals surface area contributed by atoms with E-state index in [9.17, 15) is 0 Å². The Labute approximate surface area is 151 Å². The van der Waals surface area contributed by atoms with Crippen LogP contribution in [0.25, 0.3) is 44.3 Å². The van der Waals surface area contributed by atoms with Crippen LogP contribution in [0.2, 0.25) is 0 Å². The molecule has 0 bridgehead atoms. The highest BCUT2D eigenvalue weighted by Crippen LogP contribution is 2.33. The zero-order valence-electron chi connectivity index (χ0n) is 14.4. The first-order chi connectivity index (χ1) is 12.8. The van der Waals surface area contributed by atoms with E-state index in [1.165, 1.54) is 16.7 Å². The van der Waals surface area contributed by atoms with E-state index in [0.717, 1.165) is 33.2 Å². The van der Waals surface area contributed by atoms with E-state index >= 15 is 0 Å². The highest BCUT2D eigenvalue weighted by molar-refractivity contribution is 6.06. The van der Waals surface area contributed by atoms with Crippen LogP contribution in [0.4, 0.5) is 0 Å². The smallest absolute Gasteiger partial charge is 0.135 e. The van der Waals surface area contributed by atoms with E-state index < -0.39 is 0 Å². The van der Waals surface area contributed by atoms with Crippen molar-refractivity contribution in [1.29, 1.82) is 0 Å². The number of rotatable bonds is 2. The molecule has 2 heteroatoms. The maximum absolute atomic E-state index is 5.94. The molecule has 5 rings (SSSR count). The van der Waals surface area contributed by atoms with Crippen LogP contribution < -0.4 is 0 Å². The summed E-state index contributed by atoms with van der Waals surface area (Å²) in [4.78, 5) is 4.68. The van der Waals surface area contributed by atoms with Gasteiger partial charge in [-0.25, -0.2) is 0 Å². The molecule has 0 atom stereocenters. The minimum absolute atomic E-state index is 0.908. The molecular formula is C24H17NO. The van der Waals surface area contributed by atoms with Crippen molar-refractivity contribution in [1.82, 2.24) is 4.98 Å². The SMILES string of the molecule is Cc1cnc(-c2ccc3oc4ccccc4c3c2)cc1-c1ccccc1. The van der Waals surface area contributed by atoms with Crippen LogP contribution in [-0.2, 0) is 0 Å². The molecule has 5 aromatic rings. The Morgan fingerprint density at radius 2 is 1.46 bits per heavy atom. The molecule has 0 aliphatic heterocycles. The third-order valence-electron chi connectivity index (χ3n) is 4.86. The van der Waals surface area contributed by atoms with Crippen LogP contribution in [0, 0.1) is 6.92 Å². The number of para-hydroxylation sites is 1. The molecule has 3 aromatic carbocycles. The molecular weight excluding hydrogens is 318 g/mol. The quantitative estimate of drug-likeness (QED) is 0.362. The molecule has 0 saturated carbocycles. The maximum Gasteiger partial charge on any atom is 0.135 e. The first kappa shape index (κ1) is 14.9. The van der Waals surface area contributed by atoms with Gasteiger partial charge in [-0.2, -0.15) is 0 Å². The molecule has 124 valence electrons. The molecule has 2 aromatic heterocycles. The third-order valence-corrected chi connectivity index (χ3v) is 4.86. The Bertz CT molecular complexity index is 1240. The lowest BCUT2D eigenvalue weighted by atomic mass is 9.99. The predicted molar refractivity (Wildman–Crippen MR) is 107 cm³/mol. The second-order valence-electron chi connectivity index (χ2n) is 6.56. The van der Waals surface area contributed by atoms with Gasteiger partial charge < -0.3 is 4.42 Å². The van der Waals surface area contributed by atoms with Crippen molar-refractivity contribution in [2.75, 3.05) is 0 Å². The number of hydrogen-bond acceptors (Lipinski definition) is 2. The number of nitrogens with zero attached hydrogens (tertiary/aromatic N) is 1. The summed E-state index contributed by atoms with van der Waals surface area (Å²) in [6.07, 6.45) is 1.95. The number of benzene rings is 3. The number of hydrogen-bond donors (Lipinski definition) is 0. The Hall–Kier alpha value is -3.39. The molecule has 2 nitrogen and oxygen atoms in total. The number of fused-ring (bicyclic) bond motifs is 3. The van der Waals surface area contributed by atoms with Gasteiger partial charge in [0.2, 0.25) is 0 Å². The monoisotopic (exact) mass is 335 g/mol. The molecule has 0 unspecified atom stereocenters. The van der Waals surface area contributed by atoms with Crippen molar-refractivity contribution in [3.63, 3.8) is 0 Å². The standard InChI is InChI=1S/C24H17NO/c1-16-15-25-22(14-20(16)17-7-3-2-4-8-17)18-11-12-24-21(13-18)19-9-5-6-10-23(19)26-24/h2-15H,1H3. The molecule has 0 aliphatic rings. The van der Waals surface area contributed by atoms with Crippen LogP contribution in [0.15, 0.2) is 89.5 Å². The maximum atomic E-state index is 5.94. The summed E-state index contributed by atoms with van der Waals surface area (Å²) in [5.41, 5.74) is 7.50. The fraction of sp³-hybridized carbons (Fsp3) is 0.0417. The van der Waals surface area contributed by atoms with E-state index in [0.29, 0.717) is 0 Å². The molecule has 0 radical (unpaired) electrons. The van der Waals surface area contributed by atoms with Crippen LogP contribution in [0.1, 0.15) is 5.56 Å². The highest BCUT2D eigenvalue weighted by atomic mass is 16.3. The summed E-state index contributed by atoms with van der Waals surface area (Å²) in [5, 5.41) is 2.27. The summed E-state index contributed by atoms with van der Waals surface area (Å²) in [5.74, 6) is 0. The fourth-order valence-electron chi connectivity index (χ4n) is 3.50. The van der Waals surface area contributed by atoms with Crippen LogP contribution >= 0.6 is 0 Å². The number of aryl methyl sites for hydroxylation is 1. The van der Waals surface area contributed by atoms with Crippen molar-refractivity contribution in [3.05, 3.63) is 90.6 Å². The van der Waals surface area contributed by atoms with Crippen molar-refractivity contribution in [3.8, 4) is 22.4 Å². The van der Waals surface area contributed by atoms with E-state index in [-0.39, 0.29) is 0 Å². The van der Waals surface area contributed by atoms with Gasteiger partial charge in [0.1, 0.15) is 11.2 Å². The summed E-state index contributed by atoms with van der Waals surface area (Å²) < 4.78 is 5.94. The predicted octanol–water partition coefficient (Wildman–Crippen LogP) is 6.62. The minimum Gasteiger partial charge on any atom is -0.456 e. The van der Waals surface area contributed by atoms with Gasteiger partial charge in [0.15, 0.2) is 0 Å². The second kappa shape index (κ2) is 5.85. The largest absolute Gasteiger partial charge is 0.456 e. The topological polar surface area (TPSA) is 26.0 Å². The van der Waals surface area contributed by atoms with Crippen molar-refractivity contribution in [2.45, 2.75) is 6.92 Å². The van der Waals surface area contributed by atoms with Gasteiger partial charge in [0.05, 0.1) is 5.69 Å². The number of furan rings is 1. The zero-order valence-corrected chi connectivity index (χ0v) is 14.4. The molecule has 2 heterocycles. The Morgan fingerprint density at radius 1 is 0.692 bits per heavy atom. The van der Waals surface area contributed by atoms with Gasteiger partial charge in [-0.3, -0.25) is 4.98 Å². The van der Waals surface area contributed by atoms with Crippen molar-refractivity contribution < 1.29 is 4.42 Å². The van der Waals surface area contributed by atoms with Gasteiger partial charge in [0, 0.05) is 22.5 Å². The summed E-state index contributed by atoms with van der Waals surface area (Å²) in [6.45, 7) is 2.10. The molecule has 0 spiro atoms. The molecule has 0 aliphatic carbocycles. The van der Waals surface area contributed by atoms with Crippen molar-refractivity contribution in [2.24, 2.45) is 0 Å². The molecule has 26 heavy (non-hydrogen) atoms. The van der Waals surface area contributed by atoms with Gasteiger partial charge in [-0.15, -0.1) is 0 Å². The van der Waals surface area contributed by atoms with Crippen LogP contribution in [0.5, 0.6) is 0 Å². The Kier molecular flexibility index (Phi) is 3.36. The van der Waals surface area contributed by atoms with Gasteiger partial charge in [-0.1, -0.05) is 48.5 Å². The third kappa shape index (κ3) is 2.39. The van der Waals surface area contributed by atoms with Crippen LogP contribution in [-0.4, -0.2) is 4.98 Å². The van der Waals surface area contributed by atoms with Crippen molar-refractivity contribution >= 4 is 21.9 Å². The molecule has 0 saturated heterocycles. The Morgan fingerprint density at radius 3 is 2.35 bits per heavy atom. The first-order valence-electron chi connectivity index (χ1n) is 8.73. The number of aromatic nitrogens is 1. The lowest BCUT2D eigenvalue weighted by molar-refractivity contribution is 0.669. The Balaban J connectivity index is 1.69. The normalized spacial score (nSPS) is 11.3. The molecule has 0 N–H and O–H groups in total.